The predicted molar refractivity (Wildman–Crippen MR) is 84.1 cm³/mol. The van der Waals surface area contributed by atoms with Crippen LogP contribution in [0.4, 0.5) is 0 Å². The van der Waals surface area contributed by atoms with Gasteiger partial charge >= 0.3 is 0 Å². The van der Waals surface area contributed by atoms with Crippen molar-refractivity contribution in [3.05, 3.63) is 35.9 Å². The summed E-state index contributed by atoms with van der Waals surface area (Å²) in [4.78, 5) is 14.9. The number of benzene rings is 1. The highest BCUT2D eigenvalue weighted by Gasteiger charge is 2.41. The SMILES string of the molecule is CC(C)C(O)(C(=O)CN1CCCNCC1)c1ccccc1. The normalized spacial score (nSPS) is 20.0. The molecule has 21 heavy (non-hydrogen) atoms. The lowest BCUT2D eigenvalue weighted by molar-refractivity contribution is -0.144. The molecule has 0 saturated carbocycles. The molecule has 1 aliphatic heterocycles. The maximum atomic E-state index is 12.8. The standard InChI is InChI=1S/C17H26N2O2/c1-14(2)17(21,15-7-4-3-5-8-15)16(20)13-19-11-6-9-18-10-12-19/h3-5,7-8,14,18,21H,6,9-13H2,1-2H3. The predicted octanol–water partition coefficient (Wildman–Crippen LogP) is 1.39. The maximum Gasteiger partial charge on any atom is 0.183 e. The van der Waals surface area contributed by atoms with E-state index in [9.17, 15) is 9.90 Å². The minimum Gasteiger partial charge on any atom is -0.377 e. The van der Waals surface area contributed by atoms with Crippen molar-refractivity contribution in [2.75, 3.05) is 32.7 Å². The number of Topliss-reactive ketones (excluding diaryl/α,β-unsaturated/α-hetero) is 1. The van der Waals surface area contributed by atoms with Gasteiger partial charge in [-0.3, -0.25) is 9.69 Å². The fourth-order valence-corrected chi connectivity index (χ4v) is 2.89. The fraction of sp³-hybridized carbons (Fsp3) is 0.588. The van der Waals surface area contributed by atoms with Crippen LogP contribution < -0.4 is 5.32 Å². The molecule has 116 valence electrons. The van der Waals surface area contributed by atoms with Gasteiger partial charge in [0.1, 0.15) is 0 Å². The molecule has 4 nitrogen and oxygen atoms in total. The van der Waals surface area contributed by atoms with E-state index in [0.29, 0.717) is 12.1 Å². The zero-order chi connectivity index (χ0) is 15.3. The Kier molecular flexibility index (Phi) is 5.51. The summed E-state index contributed by atoms with van der Waals surface area (Å²) in [5.74, 6) is -0.261. The Hall–Kier alpha value is -1.23. The molecule has 1 aromatic rings. The van der Waals surface area contributed by atoms with Gasteiger partial charge in [0.2, 0.25) is 0 Å². The number of hydrogen-bond acceptors (Lipinski definition) is 4. The highest BCUT2D eigenvalue weighted by molar-refractivity contribution is 5.90. The third-order valence-corrected chi connectivity index (χ3v) is 4.27. The largest absolute Gasteiger partial charge is 0.377 e. The molecule has 1 saturated heterocycles. The van der Waals surface area contributed by atoms with E-state index in [0.717, 1.165) is 32.6 Å². The van der Waals surface area contributed by atoms with Crippen LogP contribution in [0.1, 0.15) is 25.8 Å². The average molecular weight is 290 g/mol. The van der Waals surface area contributed by atoms with Gasteiger partial charge < -0.3 is 10.4 Å². The van der Waals surface area contributed by atoms with E-state index in [1.165, 1.54) is 0 Å². The van der Waals surface area contributed by atoms with Crippen molar-refractivity contribution in [2.45, 2.75) is 25.9 Å². The number of aliphatic hydroxyl groups is 1. The molecular formula is C17H26N2O2. The van der Waals surface area contributed by atoms with Gasteiger partial charge in [0.25, 0.3) is 0 Å². The van der Waals surface area contributed by atoms with Gasteiger partial charge in [-0.05, 0) is 31.0 Å². The summed E-state index contributed by atoms with van der Waals surface area (Å²) in [5.41, 5.74) is -0.709. The molecule has 0 spiro atoms. The summed E-state index contributed by atoms with van der Waals surface area (Å²) in [6.07, 6.45) is 1.04. The average Bonchev–Trinajstić information content (AvgIpc) is 2.75. The van der Waals surface area contributed by atoms with Crippen molar-refractivity contribution in [1.82, 2.24) is 10.2 Å². The quantitative estimate of drug-likeness (QED) is 0.860. The number of carbonyl (C=O) groups excluding carboxylic acids is 1. The molecule has 1 aromatic carbocycles. The Balaban J connectivity index is 2.16. The van der Waals surface area contributed by atoms with Crippen molar-refractivity contribution in [3.8, 4) is 0 Å². The van der Waals surface area contributed by atoms with E-state index in [-0.39, 0.29) is 11.7 Å². The van der Waals surface area contributed by atoms with Crippen molar-refractivity contribution in [2.24, 2.45) is 5.92 Å². The van der Waals surface area contributed by atoms with Crippen molar-refractivity contribution in [3.63, 3.8) is 0 Å². The highest BCUT2D eigenvalue weighted by atomic mass is 16.3. The summed E-state index contributed by atoms with van der Waals surface area (Å²) in [5, 5.41) is 14.4. The molecule has 1 aliphatic rings. The van der Waals surface area contributed by atoms with Gasteiger partial charge in [-0.2, -0.15) is 0 Å². The molecule has 1 fully saturated rings. The second-order valence-corrected chi connectivity index (χ2v) is 6.09. The number of nitrogens with zero attached hydrogens (tertiary/aromatic N) is 1. The first-order valence-electron chi connectivity index (χ1n) is 7.79. The third kappa shape index (κ3) is 3.70. The van der Waals surface area contributed by atoms with E-state index in [4.69, 9.17) is 0 Å². The van der Waals surface area contributed by atoms with Gasteiger partial charge in [-0.15, -0.1) is 0 Å². The Morgan fingerprint density at radius 2 is 2.00 bits per heavy atom. The zero-order valence-corrected chi connectivity index (χ0v) is 13.0. The fourth-order valence-electron chi connectivity index (χ4n) is 2.89. The van der Waals surface area contributed by atoms with Crippen LogP contribution in [0.25, 0.3) is 0 Å². The van der Waals surface area contributed by atoms with E-state index >= 15 is 0 Å². The lowest BCUT2D eigenvalue weighted by atomic mass is 9.79. The second-order valence-electron chi connectivity index (χ2n) is 6.09. The smallest absolute Gasteiger partial charge is 0.183 e. The highest BCUT2D eigenvalue weighted by Crippen LogP contribution is 2.30. The monoisotopic (exact) mass is 290 g/mol. The van der Waals surface area contributed by atoms with Gasteiger partial charge in [0.15, 0.2) is 11.4 Å². The van der Waals surface area contributed by atoms with Crippen LogP contribution in [0, 0.1) is 5.92 Å². The number of hydrogen-bond donors (Lipinski definition) is 2. The van der Waals surface area contributed by atoms with Crippen LogP contribution >= 0.6 is 0 Å². The molecule has 0 amide bonds. The van der Waals surface area contributed by atoms with E-state index in [1.54, 1.807) is 0 Å². The summed E-state index contributed by atoms with van der Waals surface area (Å²) in [6, 6.07) is 9.30. The first-order valence-corrected chi connectivity index (χ1v) is 7.79. The van der Waals surface area contributed by atoms with E-state index in [1.807, 2.05) is 44.2 Å². The van der Waals surface area contributed by atoms with Crippen LogP contribution in [0.2, 0.25) is 0 Å². The van der Waals surface area contributed by atoms with Crippen LogP contribution in [-0.4, -0.2) is 48.5 Å². The summed E-state index contributed by atoms with van der Waals surface area (Å²) < 4.78 is 0. The van der Waals surface area contributed by atoms with Crippen molar-refractivity contribution in [1.29, 1.82) is 0 Å². The lowest BCUT2D eigenvalue weighted by Crippen LogP contribution is -2.47. The first-order chi connectivity index (χ1) is 10.0. The molecule has 2 rings (SSSR count). The van der Waals surface area contributed by atoms with Crippen molar-refractivity contribution >= 4 is 5.78 Å². The summed E-state index contributed by atoms with van der Waals surface area (Å²) in [6.45, 7) is 7.77. The number of ketones is 1. The zero-order valence-electron chi connectivity index (χ0n) is 13.0. The van der Waals surface area contributed by atoms with Gasteiger partial charge in [-0.1, -0.05) is 44.2 Å². The van der Waals surface area contributed by atoms with Crippen LogP contribution in [0.3, 0.4) is 0 Å². The topological polar surface area (TPSA) is 52.6 Å². The Morgan fingerprint density at radius 1 is 1.29 bits per heavy atom. The minimum absolute atomic E-state index is 0.106. The van der Waals surface area contributed by atoms with Crippen LogP contribution in [-0.2, 0) is 10.4 Å². The molecule has 0 aliphatic carbocycles. The molecular weight excluding hydrogens is 264 g/mol. The third-order valence-electron chi connectivity index (χ3n) is 4.27. The molecule has 1 atom stereocenters. The number of rotatable bonds is 5. The molecule has 0 aromatic heterocycles. The maximum absolute atomic E-state index is 12.8. The molecule has 1 heterocycles. The Morgan fingerprint density at radius 3 is 2.67 bits per heavy atom. The van der Waals surface area contributed by atoms with Crippen molar-refractivity contribution < 1.29 is 9.90 Å². The Bertz CT molecular complexity index is 453. The molecule has 0 radical (unpaired) electrons. The molecule has 0 bridgehead atoms. The lowest BCUT2D eigenvalue weighted by Gasteiger charge is -2.33. The van der Waals surface area contributed by atoms with Crippen LogP contribution in [0.15, 0.2) is 30.3 Å². The van der Waals surface area contributed by atoms with Gasteiger partial charge in [0, 0.05) is 13.1 Å². The minimum atomic E-state index is -1.40. The summed E-state index contributed by atoms with van der Waals surface area (Å²) in [7, 11) is 0. The van der Waals surface area contributed by atoms with E-state index < -0.39 is 5.60 Å². The molecule has 1 unspecified atom stereocenters. The number of carbonyl (C=O) groups is 1. The first kappa shape index (κ1) is 16.1. The van der Waals surface area contributed by atoms with Gasteiger partial charge in [0.05, 0.1) is 6.54 Å². The second kappa shape index (κ2) is 7.16. The van der Waals surface area contributed by atoms with Crippen LogP contribution in [0.5, 0.6) is 0 Å². The summed E-state index contributed by atoms with van der Waals surface area (Å²) >= 11 is 0. The Labute approximate surface area is 127 Å². The van der Waals surface area contributed by atoms with E-state index in [2.05, 4.69) is 10.2 Å². The number of nitrogens with one attached hydrogen (secondary N) is 1. The molecule has 4 heteroatoms. The molecule has 2 N–H and O–H groups in total. The van der Waals surface area contributed by atoms with Gasteiger partial charge in [-0.25, -0.2) is 0 Å².